The van der Waals surface area contributed by atoms with Crippen LogP contribution in [-0.4, -0.2) is 36.8 Å². The van der Waals surface area contributed by atoms with E-state index in [0.29, 0.717) is 19.2 Å². The van der Waals surface area contributed by atoms with Gasteiger partial charge in [0.05, 0.1) is 18.8 Å². The van der Waals surface area contributed by atoms with Gasteiger partial charge < -0.3 is 15.4 Å². The normalized spacial score (nSPS) is 23.8. The molecule has 2 N–H and O–H groups in total. The minimum Gasteiger partial charge on any atom is -0.373 e. The summed E-state index contributed by atoms with van der Waals surface area (Å²) in [5.41, 5.74) is 5.73. The number of anilines is 1. The maximum atomic E-state index is 5.73. The lowest BCUT2D eigenvalue weighted by molar-refractivity contribution is 0.0281. The molecule has 1 fully saturated rings. The van der Waals surface area contributed by atoms with Crippen LogP contribution in [0.3, 0.4) is 0 Å². The van der Waals surface area contributed by atoms with Gasteiger partial charge in [0.2, 0.25) is 0 Å². The number of hydrogen-bond donors (Lipinski definition) is 1. The van der Waals surface area contributed by atoms with Crippen molar-refractivity contribution in [1.82, 2.24) is 4.98 Å². The molecule has 0 aliphatic carbocycles. The molecular formula is C15H19N3O. The summed E-state index contributed by atoms with van der Waals surface area (Å²) in [4.78, 5) is 6.89. The summed E-state index contributed by atoms with van der Waals surface area (Å²) in [6.45, 7) is 4.22. The number of nitrogens with zero attached hydrogens (tertiary/aromatic N) is 2. The summed E-state index contributed by atoms with van der Waals surface area (Å²) in [5.74, 6) is 1.03. The third-order valence-electron chi connectivity index (χ3n) is 3.69. The van der Waals surface area contributed by atoms with Crippen molar-refractivity contribution in [2.75, 3.05) is 24.6 Å². The predicted molar refractivity (Wildman–Crippen MR) is 77.3 cm³/mol. The van der Waals surface area contributed by atoms with Crippen molar-refractivity contribution in [3.05, 3.63) is 36.5 Å². The number of rotatable bonds is 2. The lowest BCUT2D eigenvalue weighted by Gasteiger charge is -2.38. The zero-order chi connectivity index (χ0) is 13.2. The molecule has 1 aromatic carbocycles. The number of aromatic nitrogens is 1. The summed E-state index contributed by atoms with van der Waals surface area (Å²) < 4.78 is 5.71. The molecule has 2 unspecified atom stereocenters. The number of pyridine rings is 1. The monoisotopic (exact) mass is 257 g/mol. The van der Waals surface area contributed by atoms with E-state index in [0.717, 1.165) is 12.4 Å². The molecule has 0 saturated carbocycles. The van der Waals surface area contributed by atoms with Crippen molar-refractivity contribution in [3.63, 3.8) is 0 Å². The first-order chi connectivity index (χ1) is 9.29. The molecule has 0 spiro atoms. The Kier molecular flexibility index (Phi) is 3.36. The Balaban J connectivity index is 2.02. The SMILES string of the molecule is CC1COC(CN)CN1c1nccc2ccccc12. The lowest BCUT2D eigenvalue weighted by Crippen LogP contribution is -2.51. The van der Waals surface area contributed by atoms with Gasteiger partial charge in [-0.25, -0.2) is 4.98 Å². The molecule has 4 heteroatoms. The van der Waals surface area contributed by atoms with Gasteiger partial charge >= 0.3 is 0 Å². The Morgan fingerprint density at radius 2 is 2.21 bits per heavy atom. The van der Waals surface area contributed by atoms with Crippen LogP contribution in [0.15, 0.2) is 36.5 Å². The zero-order valence-electron chi connectivity index (χ0n) is 11.1. The number of hydrogen-bond acceptors (Lipinski definition) is 4. The second-order valence-corrected chi connectivity index (χ2v) is 5.05. The largest absolute Gasteiger partial charge is 0.373 e. The molecule has 100 valence electrons. The average molecular weight is 257 g/mol. The van der Waals surface area contributed by atoms with E-state index in [-0.39, 0.29) is 6.10 Å². The summed E-state index contributed by atoms with van der Waals surface area (Å²) in [6.07, 6.45) is 1.97. The molecule has 2 aromatic rings. The minimum atomic E-state index is 0.0944. The van der Waals surface area contributed by atoms with Crippen LogP contribution in [0.2, 0.25) is 0 Å². The highest BCUT2D eigenvalue weighted by Crippen LogP contribution is 2.27. The number of fused-ring (bicyclic) bond motifs is 1. The van der Waals surface area contributed by atoms with Crippen LogP contribution in [0.4, 0.5) is 5.82 Å². The smallest absolute Gasteiger partial charge is 0.136 e. The first kappa shape index (κ1) is 12.4. The summed E-state index contributed by atoms with van der Waals surface area (Å²) in [6, 6.07) is 10.7. The Morgan fingerprint density at radius 1 is 1.37 bits per heavy atom. The molecular weight excluding hydrogens is 238 g/mol. The average Bonchev–Trinajstić information content (AvgIpc) is 2.47. The molecule has 1 aliphatic rings. The van der Waals surface area contributed by atoms with Gasteiger partial charge in [-0.05, 0) is 18.4 Å². The van der Waals surface area contributed by atoms with E-state index in [2.05, 4.69) is 41.1 Å². The Labute approximate surface area is 113 Å². The van der Waals surface area contributed by atoms with Crippen LogP contribution in [0.1, 0.15) is 6.92 Å². The van der Waals surface area contributed by atoms with Crippen LogP contribution in [-0.2, 0) is 4.74 Å². The molecule has 1 aromatic heterocycles. The van der Waals surface area contributed by atoms with Crippen molar-refractivity contribution in [1.29, 1.82) is 0 Å². The van der Waals surface area contributed by atoms with Crippen molar-refractivity contribution < 1.29 is 4.74 Å². The molecule has 0 bridgehead atoms. The summed E-state index contributed by atoms with van der Waals surface area (Å²) in [5, 5.41) is 2.41. The lowest BCUT2D eigenvalue weighted by atomic mass is 10.1. The first-order valence-electron chi connectivity index (χ1n) is 6.71. The maximum absolute atomic E-state index is 5.73. The van der Waals surface area contributed by atoms with Gasteiger partial charge in [0.25, 0.3) is 0 Å². The molecule has 2 heterocycles. The molecule has 2 atom stereocenters. The Hall–Kier alpha value is -1.65. The van der Waals surface area contributed by atoms with Gasteiger partial charge in [-0.15, -0.1) is 0 Å². The van der Waals surface area contributed by atoms with Gasteiger partial charge in [0, 0.05) is 24.7 Å². The third kappa shape index (κ3) is 2.29. The van der Waals surface area contributed by atoms with E-state index >= 15 is 0 Å². The molecule has 1 aliphatic heterocycles. The predicted octanol–water partition coefficient (Wildman–Crippen LogP) is 1.79. The molecule has 0 amide bonds. The van der Waals surface area contributed by atoms with Gasteiger partial charge in [0.15, 0.2) is 0 Å². The van der Waals surface area contributed by atoms with Crippen molar-refractivity contribution >= 4 is 16.6 Å². The fraction of sp³-hybridized carbons (Fsp3) is 0.400. The third-order valence-corrected chi connectivity index (χ3v) is 3.69. The molecule has 19 heavy (non-hydrogen) atoms. The van der Waals surface area contributed by atoms with Crippen LogP contribution in [0.5, 0.6) is 0 Å². The van der Waals surface area contributed by atoms with Gasteiger partial charge in [-0.3, -0.25) is 0 Å². The number of benzene rings is 1. The zero-order valence-corrected chi connectivity index (χ0v) is 11.1. The first-order valence-corrected chi connectivity index (χ1v) is 6.71. The van der Waals surface area contributed by atoms with E-state index in [9.17, 15) is 0 Å². The van der Waals surface area contributed by atoms with E-state index in [1.54, 1.807) is 0 Å². The van der Waals surface area contributed by atoms with E-state index in [4.69, 9.17) is 10.5 Å². The molecule has 1 saturated heterocycles. The van der Waals surface area contributed by atoms with Crippen LogP contribution >= 0.6 is 0 Å². The second kappa shape index (κ2) is 5.15. The van der Waals surface area contributed by atoms with Gasteiger partial charge in [-0.1, -0.05) is 24.3 Å². The van der Waals surface area contributed by atoms with E-state index in [1.807, 2.05) is 12.3 Å². The standard InChI is InChI=1S/C15H19N3O/c1-11-10-19-13(8-16)9-18(11)15-14-5-3-2-4-12(14)6-7-17-15/h2-7,11,13H,8-10,16H2,1H3. The quantitative estimate of drug-likeness (QED) is 0.891. The van der Waals surface area contributed by atoms with Crippen molar-refractivity contribution in [3.8, 4) is 0 Å². The summed E-state index contributed by atoms with van der Waals surface area (Å²) >= 11 is 0. The molecule has 3 rings (SSSR count). The van der Waals surface area contributed by atoms with Gasteiger partial charge in [0.1, 0.15) is 5.82 Å². The topological polar surface area (TPSA) is 51.4 Å². The van der Waals surface area contributed by atoms with E-state index in [1.165, 1.54) is 10.8 Å². The van der Waals surface area contributed by atoms with Crippen molar-refractivity contribution in [2.45, 2.75) is 19.1 Å². The van der Waals surface area contributed by atoms with Crippen LogP contribution in [0.25, 0.3) is 10.8 Å². The molecule has 4 nitrogen and oxygen atoms in total. The van der Waals surface area contributed by atoms with Crippen LogP contribution in [0, 0.1) is 0 Å². The Bertz CT molecular complexity index is 567. The number of morpholine rings is 1. The second-order valence-electron chi connectivity index (χ2n) is 5.05. The van der Waals surface area contributed by atoms with Gasteiger partial charge in [-0.2, -0.15) is 0 Å². The fourth-order valence-corrected chi connectivity index (χ4v) is 2.59. The molecule has 0 radical (unpaired) electrons. The van der Waals surface area contributed by atoms with Crippen molar-refractivity contribution in [2.24, 2.45) is 5.73 Å². The highest BCUT2D eigenvalue weighted by atomic mass is 16.5. The number of nitrogens with two attached hydrogens (primary N) is 1. The fourth-order valence-electron chi connectivity index (χ4n) is 2.59. The highest BCUT2D eigenvalue weighted by molar-refractivity contribution is 5.92. The van der Waals surface area contributed by atoms with Crippen LogP contribution < -0.4 is 10.6 Å². The van der Waals surface area contributed by atoms with E-state index < -0.39 is 0 Å². The highest BCUT2D eigenvalue weighted by Gasteiger charge is 2.27. The summed E-state index contributed by atoms with van der Waals surface area (Å²) in [7, 11) is 0. The maximum Gasteiger partial charge on any atom is 0.136 e. The number of ether oxygens (including phenoxy) is 1. The Morgan fingerprint density at radius 3 is 3.05 bits per heavy atom. The minimum absolute atomic E-state index is 0.0944.